The Kier molecular flexibility index (Phi) is 4.03. The standard InChI is InChI=1S/C13H20N2O3S2/c1-5-6-15-9-7-20(17,18)8-10(9)19-12(15)14-11(16)13(2,3)4/h5,9-10H,1,6-8H2,2-4H3/t9-,10+/m0/s1. The topological polar surface area (TPSA) is 66.8 Å². The zero-order valence-electron chi connectivity index (χ0n) is 12.0. The summed E-state index contributed by atoms with van der Waals surface area (Å²) in [6, 6.07) is -0.0884. The van der Waals surface area contributed by atoms with Gasteiger partial charge < -0.3 is 4.90 Å². The van der Waals surface area contributed by atoms with Crippen molar-refractivity contribution in [3.63, 3.8) is 0 Å². The van der Waals surface area contributed by atoms with E-state index in [0.29, 0.717) is 11.7 Å². The van der Waals surface area contributed by atoms with E-state index >= 15 is 0 Å². The third-order valence-electron chi connectivity index (χ3n) is 3.34. The third kappa shape index (κ3) is 3.09. The van der Waals surface area contributed by atoms with Crippen molar-refractivity contribution in [1.29, 1.82) is 0 Å². The summed E-state index contributed by atoms with van der Waals surface area (Å²) < 4.78 is 23.4. The van der Waals surface area contributed by atoms with Gasteiger partial charge in [0.2, 0.25) is 0 Å². The highest BCUT2D eigenvalue weighted by Crippen LogP contribution is 2.38. The van der Waals surface area contributed by atoms with Gasteiger partial charge in [-0.15, -0.1) is 6.58 Å². The first-order valence-electron chi connectivity index (χ1n) is 6.52. The molecule has 112 valence electrons. The van der Waals surface area contributed by atoms with Crippen LogP contribution >= 0.6 is 11.8 Å². The Morgan fingerprint density at radius 2 is 2.15 bits per heavy atom. The van der Waals surface area contributed by atoms with Crippen molar-refractivity contribution in [2.24, 2.45) is 10.4 Å². The average molecular weight is 316 g/mol. The molecule has 0 spiro atoms. The number of fused-ring (bicyclic) bond motifs is 1. The first-order valence-corrected chi connectivity index (χ1v) is 9.22. The molecular formula is C13H20N2O3S2. The molecule has 0 saturated carbocycles. The second-order valence-corrected chi connectivity index (χ2v) is 9.55. The fraction of sp³-hybridized carbons (Fsp3) is 0.692. The summed E-state index contributed by atoms with van der Waals surface area (Å²) >= 11 is 1.40. The summed E-state index contributed by atoms with van der Waals surface area (Å²) in [5.74, 6) is 0.122. The van der Waals surface area contributed by atoms with Crippen molar-refractivity contribution < 1.29 is 13.2 Å². The van der Waals surface area contributed by atoms with E-state index in [1.54, 1.807) is 6.08 Å². The summed E-state index contributed by atoms with van der Waals surface area (Å²) in [6.07, 6.45) is 1.71. The van der Waals surface area contributed by atoms with Gasteiger partial charge in [0, 0.05) is 17.2 Å². The molecule has 2 rings (SSSR count). The molecular weight excluding hydrogens is 296 g/mol. The van der Waals surface area contributed by atoms with Gasteiger partial charge in [-0.25, -0.2) is 8.42 Å². The van der Waals surface area contributed by atoms with Crippen molar-refractivity contribution in [2.75, 3.05) is 18.1 Å². The largest absolute Gasteiger partial charge is 0.342 e. The first-order chi connectivity index (χ1) is 9.14. The van der Waals surface area contributed by atoms with Crippen molar-refractivity contribution in [3.05, 3.63) is 12.7 Å². The zero-order chi connectivity index (χ0) is 15.1. The fourth-order valence-electron chi connectivity index (χ4n) is 2.24. The molecule has 0 aromatic rings. The van der Waals surface area contributed by atoms with Crippen LogP contribution in [0.5, 0.6) is 0 Å². The van der Waals surface area contributed by atoms with Crippen LogP contribution in [0.25, 0.3) is 0 Å². The van der Waals surface area contributed by atoms with Crippen LogP contribution in [-0.2, 0) is 14.6 Å². The lowest BCUT2D eigenvalue weighted by molar-refractivity contribution is -0.124. The number of amidine groups is 1. The number of carbonyl (C=O) groups excluding carboxylic acids is 1. The number of amides is 1. The summed E-state index contributed by atoms with van der Waals surface area (Å²) in [7, 11) is -2.97. The Morgan fingerprint density at radius 1 is 1.50 bits per heavy atom. The number of nitrogens with zero attached hydrogens (tertiary/aromatic N) is 2. The maximum atomic E-state index is 12.0. The minimum absolute atomic E-state index is 0.0218. The highest BCUT2D eigenvalue weighted by Gasteiger charge is 2.48. The predicted octanol–water partition coefficient (Wildman–Crippen LogP) is 1.32. The van der Waals surface area contributed by atoms with Crippen LogP contribution in [0, 0.1) is 5.41 Å². The SMILES string of the molecule is C=CCN1C(=NC(=O)C(C)(C)C)S[C@@H]2CS(=O)(=O)C[C@@H]21. The summed E-state index contributed by atoms with van der Waals surface area (Å²) in [4.78, 5) is 18.1. The molecule has 2 atom stereocenters. The normalized spacial score (nSPS) is 30.6. The van der Waals surface area contributed by atoms with E-state index in [9.17, 15) is 13.2 Å². The van der Waals surface area contributed by atoms with Gasteiger partial charge >= 0.3 is 0 Å². The molecule has 0 radical (unpaired) electrons. The quantitative estimate of drug-likeness (QED) is 0.719. The molecule has 2 saturated heterocycles. The maximum Gasteiger partial charge on any atom is 0.253 e. The Hall–Kier alpha value is -0.820. The number of hydrogen-bond donors (Lipinski definition) is 0. The first kappa shape index (κ1) is 15.6. The molecule has 1 amide bonds. The third-order valence-corrected chi connectivity index (χ3v) is 6.59. The summed E-state index contributed by atoms with van der Waals surface area (Å²) in [5.41, 5.74) is -0.531. The number of thioether (sulfide) groups is 1. The Labute approximate surface area is 124 Å². The molecule has 0 aliphatic carbocycles. The summed E-state index contributed by atoms with van der Waals surface area (Å²) in [5, 5.41) is 0.612. The molecule has 5 nitrogen and oxygen atoms in total. The van der Waals surface area contributed by atoms with Gasteiger partial charge in [-0.3, -0.25) is 4.79 Å². The highest BCUT2D eigenvalue weighted by atomic mass is 32.2. The van der Waals surface area contributed by atoms with Crippen molar-refractivity contribution in [1.82, 2.24) is 4.90 Å². The van der Waals surface area contributed by atoms with Crippen LogP contribution in [0.4, 0.5) is 0 Å². The fourth-order valence-corrected chi connectivity index (χ4v) is 6.20. The van der Waals surface area contributed by atoms with Gasteiger partial charge in [0.15, 0.2) is 15.0 Å². The van der Waals surface area contributed by atoms with Crippen LogP contribution < -0.4 is 0 Å². The van der Waals surface area contributed by atoms with E-state index in [0.717, 1.165) is 0 Å². The van der Waals surface area contributed by atoms with Crippen LogP contribution in [-0.4, -0.2) is 53.7 Å². The van der Waals surface area contributed by atoms with E-state index in [4.69, 9.17) is 0 Å². The second kappa shape index (κ2) is 5.18. The van der Waals surface area contributed by atoms with E-state index in [2.05, 4.69) is 11.6 Å². The van der Waals surface area contributed by atoms with Gasteiger partial charge in [-0.05, 0) is 0 Å². The number of aliphatic imine (C=N–C) groups is 1. The molecule has 0 aromatic heterocycles. The minimum atomic E-state index is -2.97. The van der Waals surface area contributed by atoms with Crippen LogP contribution in [0.1, 0.15) is 20.8 Å². The zero-order valence-corrected chi connectivity index (χ0v) is 13.6. The van der Waals surface area contributed by atoms with Gasteiger partial charge in [0.25, 0.3) is 5.91 Å². The number of rotatable bonds is 2. The van der Waals surface area contributed by atoms with E-state index in [-0.39, 0.29) is 28.7 Å². The second-order valence-electron chi connectivity index (χ2n) is 6.19. The Morgan fingerprint density at radius 3 is 2.70 bits per heavy atom. The lowest BCUT2D eigenvalue weighted by Gasteiger charge is -2.23. The molecule has 0 aromatic carbocycles. The van der Waals surface area contributed by atoms with Gasteiger partial charge in [-0.1, -0.05) is 38.6 Å². The van der Waals surface area contributed by atoms with Gasteiger partial charge in [0.1, 0.15) is 0 Å². The number of sulfone groups is 1. The molecule has 0 N–H and O–H groups in total. The van der Waals surface area contributed by atoms with Gasteiger partial charge in [-0.2, -0.15) is 4.99 Å². The monoisotopic (exact) mass is 316 g/mol. The maximum absolute atomic E-state index is 12.0. The smallest absolute Gasteiger partial charge is 0.253 e. The summed E-state index contributed by atoms with van der Waals surface area (Å²) in [6.45, 7) is 9.68. The molecule has 2 heterocycles. The molecule has 0 bridgehead atoms. The minimum Gasteiger partial charge on any atom is -0.342 e. The molecule has 2 fully saturated rings. The van der Waals surface area contributed by atoms with Crippen molar-refractivity contribution in [3.8, 4) is 0 Å². The van der Waals surface area contributed by atoms with E-state index in [1.807, 2.05) is 25.7 Å². The highest BCUT2D eigenvalue weighted by molar-refractivity contribution is 8.15. The van der Waals surface area contributed by atoms with Crippen LogP contribution in [0.15, 0.2) is 17.6 Å². The molecule has 2 aliphatic rings. The van der Waals surface area contributed by atoms with Crippen molar-refractivity contribution in [2.45, 2.75) is 32.1 Å². The van der Waals surface area contributed by atoms with E-state index in [1.165, 1.54) is 11.8 Å². The predicted molar refractivity (Wildman–Crippen MR) is 82.6 cm³/mol. The molecule has 20 heavy (non-hydrogen) atoms. The van der Waals surface area contributed by atoms with E-state index < -0.39 is 15.3 Å². The van der Waals surface area contributed by atoms with Gasteiger partial charge in [0.05, 0.1) is 17.5 Å². The number of hydrogen-bond acceptors (Lipinski definition) is 4. The average Bonchev–Trinajstić information content (AvgIpc) is 2.72. The van der Waals surface area contributed by atoms with Crippen LogP contribution in [0.2, 0.25) is 0 Å². The molecule has 0 unspecified atom stereocenters. The lowest BCUT2D eigenvalue weighted by atomic mass is 9.96. The lowest BCUT2D eigenvalue weighted by Crippen LogP contribution is -2.38. The Balaban J connectivity index is 2.26. The molecule has 7 heteroatoms. The van der Waals surface area contributed by atoms with Crippen LogP contribution in [0.3, 0.4) is 0 Å². The molecule has 2 aliphatic heterocycles. The number of carbonyl (C=O) groups is 1. The Bertz CT molecular complexity index is 561. The van der Waals surface area contributed by atoms with Crippen molar-refractivity contribution >= 4 is 32.7 Å².